The SMILES string of the molecule is C=C[C@@H]1CC1(NC(=O)[C@@H]1CC2CN1C(=O)[C@H](C(C)(C)C)NC(=O)OC(C)(C)COc1cccc(c1)-c1cc3ccccc3nc1O2)C(=O)NS(=O)(=O)C1CC1. The Balaban J connectivity index is 1.28. The summed E-state index contributed by atoms with van der Waals surface area (Å²) in [6, 6.07) is 14.6. The molecule has 7 rings (SSSR count). The number of cyclic esters (lactones) is 1. The van der Waals surface area contributed by atoms with Crippen LogP contribution in [0.15, 0.2) is 67.3 Å². The molecule has 4 bridgehead atoms. The van der Waals surface area contributed by atoms with Crippen LogP contribution in [0.25, 0.3) is 22.0 Å². The highest BCUT2D eigenvalue weighted by Crippen LogP contribution is 2.46. The number of ether oxygens (including phenoxy) is 3. The number of hydrogen-bond donors (Lipinski definition) is 3. The average Bonchev–Trinajstić information content (AvgIpc) is 4.05. The molecule has 4 aliphatic rings. The molecule has 0 radical (unpaired) electrons. The molecular formula is C40H47N5O9S. The van der Waals surface area contributed by atoms with Gasteiger partial charge >= 0.3 is 6.09 Å². The van der Waals surface area contributed by atoms with Crippen molar-refractivity contribution >= 4 is 44.7 Å². The van der Waals surface area contributed by atoms with Gasteiger partial charge in [0.1, 0.15) is 41.7 Å². The van der Waals surface area contributed by atoms with Gasteiger partial charge in [-0.15, -0.1) is 6.58 Å². The molecule has 2 unspecified atom stereocenters. The standard InChI is InChI=1S/C40H47N5O9S/c1-7-25-20-40(25,36(48)44-55(50,51)28-15-16-28)43-33(46)31-19-27-21-45(31)35(47)32(38(2,3)4)42-37(49)54-39(5,6)22-52-26-13-10-12-23(17-26)29-18-24-11-8-9-14-30(24)41-34(29)53-27/h7-14,17-18,25,27-28,31-32H,1,15-16,19-22H2,2-6H3,(H,42,49)(H,43,46)(H,44,48)/t25-,27?,31+,32-,40?/m1/s1. The highest BCUT2D eigenvalue weighted by molar-refractivity contribution is 7.91. The molecule has 2 aliphatic carbocycles. The van der Waals surface area contributed by atoms with Crippen molar-refractivity contribution in [3.05, 3.63) is 67.3 Å². The number of pyridine rings is 1. The first kappa shape index (κ1) is 38.1. The van der Waals surface area contributed by atoms with Gasteiger partial charge in [-0.3, -0.25) is 19.1 Å². The van der Waals surface area contributed by atoms with E-state index in [1.54, 1.807) is 40.7 Å². The normalized spacial score (nSPS) is 26.6. The molecule has 14 nitrogen and oxygen atoms in total. The number of benzene rings is 2. The van der Waals surface area contributed by atoms with Crippen LogP contribution in [0.2, 0.25) is 0 Å². The van der Waals surface area contributed by atoms with Gasteiger partial charge in [-0.05, 0) is 68.4 Å². The largest absolute Gasteiger partial charge is 0.489 e. The Kier molecular flexibility index (Phi) is 9.59. The van der Waals surface area contributed by atoms with Crippen LogP contribution in [0.1, 0.15) is 60.3 Å². The van der Waals surface area contributed by atoms with E-state index in [-0.39, 0.29) is 31.9 Å². The van der Waals surface area contributed by atoms with Crippen molar-refractivity contribution in [1.82, 2.24) is 25.2 Å². The van der Waals surface area contributed by atoms with E-state index < -0.39 is 79.7 Å². The van der Waals surface area contributed by atoms with Gasteiger partial charge in [0, 0.05) is 23.3 Å². The number of sulfonamides is 1. The van der Waals surface area contributed by atoms with Crippen LogP contribution < -0.4 is 24.8 Å². The Bertz CT molecular complexity index is 2180. The zero-order valence-corrected chi connectivity index (χ0v) is 32.4. The molecule has 3 aromatic rings. The second-order valence-corrected chi connectivity index (χ2v) is 18.6. The molecule has 15 heteroatoms. The van der Waals surface area contributed by atoms with E-state index in [1.807, 2.05) is 48.5 Å². The summed E-state index contributed by atoms with van der Waals surface area (Å²) in [5.41, 5.74) is -1.48. The molecule has 3 heterocycles. The van der Waals surface area contributed by atoms with Crippen molar-refractivity contribution in [2.45, 2.75) is 94.9 Å². The summed E-state index contributed by atoms with van der Waals surface area (Å²) >= 11 is 0. The van der Waals surface area contributed by atoms with Gasteiger partial charge in [0.25, 0.3) is 5.91 Å². The van der Waals surface area contributed by atoms with Crippen LogP contribution in [0.3, 0.4) is 0 Å². The van der Waals surface area contributed by atoms with Crippen molar-refractivity contribution in [3.8, 4) is 22.8 Å². The summed E-state index contributed by atoms with van der Waals surface area (Å²) in [5.74, 6) is -1.83. The third-order valence-corrected chi connectivity index (χ3v) is 12.4. The fraction of sp³-hybridized carbons (Fsp3) is 0.475. The summed E-state index contributed by atoms with van der Waals surface area (Å²) < 4.78 is 46.2. The van der Waals surface area contributed by atoms with Gasteiger partial charge < -0.3 is 29.7 Å². The Labute approximate surface area is 320 Å². The number of carbonyl (C=O) groups is 4. The fourth-order valence-electron chi connectivity index (χ4n) is 7.20. The van der Waals surface area contributed by atoms with Crippen LogP contribution in [0.5, 0.6) is 11.6 Å². The number of para-hydroxylation sites is 1. The first-order valence-corrected chi connectivity index (χ1v) is 20.0. The lowest BCUT2D eigenvalue weighted by atomic mass is 9.85. The molecule has 2 aliphatic heterocycles. The first-order valence-electron chi connectivity index (χ1n) is 18.5. The quantitative estimate of drug-likeness (QED) is 0.307. The molecule has 0 spiro atoms. The Morgan fingerprint density at radius 2 is 1.82 bits per heavy atom. The van der Waals surface area contributed by atoms with Crippen LogP contribution >= 0.6 is 0 Å². The molecular weight excluding hydrogens is 727 g/mol. The topological polar surface area (TPSA) is 182 Å². The molecule has 1 saturated heterocycles. The first-order chi connectivity index (χ1) is 25.9. The van der Waals surface area contributed by atoms with Gasteiger partial charge in [-0.25, -0.2) is 18.2 Å². The van der Waals surface area contributed by atoms with Gasteiger partial charge in [-0.2, -0.15) is 0 Å². The number of nitrogens with zero attached hydrogens (tertiary/aromatic N) is 2. The van der Waals surface area contributed by atoms with E-state index in [1.165, 1.54) is 11.0 Å². The summed E-state index contributed by atoms with van der Waals surface area (Å²) in [6.45, 7) is 12.4. The third-order valence-electron chi connectivity index (χ3n) is 10.5. The Hall–Kier alpha value is -5.18. The van der Waals surface area contributed by atoms with E-state index in [2.05, 4.69) is 21.9 Å². The molecule has 3 fully saturated rings. The van der Waals surface area contributed by atoms with Crippen molar-refractivity contribution in [1.29, 1.82) is 0 Å². The van der Waals surface area contributed by atoms with Crippen molar-refractivity contribution < 1.29 is 41.8 Å². The van der Waals surface area contributed by atoms with E-state index in [4.69, 9.17) is 19.2 Å². The van der Waals surface area contributed by atoms with Crippen molar-refractivity contribution in [3.63, 3.8) is 0 Å². The van der Waals surface area contributed by atoms with Gasteiger partial charge in [-0.1, -0.05) is 57.2 Å². The number of hydrogen-bond acceptors (Lipinski definition) is 10. The molecule has 2 saturated carbocycles. The lowest BCUT2D eigenvalue weighted by Gasteiger charge is -2.36. The molecule has 2 aromatic carbocycles. The molecule has 3 N–H and O–H groups in total. The molecule has 55 heavy (non-hydrogen) atoms. The number of rotatable bonds is 6. The number of amides is 4. The summed E-state index contributed by atoms with van der Waals surface area (Å²) in [6.07, 6.45) is 0.929. The van der Waals surface area contributed by atoms with E-state index in [9.17, 15) is 27.6 Å². The van der Waals surface area contributed by atoms with Crippen molar-refractivity contribution in [2.24, 2.45) is 11.3 Å². The van der Waals surface area contributed by atoms with Crippen LogP contribution in [-0.2, 0) is 29.1 Å². The van der Waals surface area contributed by atoms with E-state index >= 15 is 0 Å². The zero-order chi connectivity index (χ0) is 39.5. The van der Waals surface area contributed by atoms with E-state index in [0.29, 0.717) is 29.7 Å². The predicted molar refractivity (Wildman–Crippen MR) is 203 cm³/mol. The zero-order valence-electron chi connectivity index (χ0n) is 31.6. The van der Waals surface area contributed by atoms with Gasteiger partial charge in [0.15, 0.2) is 0 Å². The average molecular weight is 774 g/mol. The number of carbonyl (C=O) groups excluding carboxylic acids is 4. The maximum Gasteiger partial charge on any atom is 0.408 e. The lowest BCUT2D eigenvalue weighted by Crippen LogP contribution is -2.60. The highest BCUT2D eigenvalue weighted by atomic mass is 32.2. The van der Waals surface area contributed by atoms with Crippen LogP contribution in [-0.4, -0.2) is 89.8 Å². The smallest absolute Gasteiger partial charge is 0.408 e. The lowest BCUT2D eigenvalue weighted by molar-refractivity contribution is -0.143. The maximum absolute atomic E-state index is 14.7. The maximum atomic E-state index is 14.7. The number of alkyl carbamates (subject to hydrolysis) is 1. The summed E-state index contributed by atoms with van der Waals surface area (Å²) in [7, 11) is -3.91. The number of aromatic nitrogens is 1. The summed E-state index contributed by atoms with van der Waals surface area (Å²) in [4.78, 5) is 62.3. The van der Waals surface area contributed by atoms with Crippen LogP contribution in [0.4, 0.5) is 4.79 Å². The number of fused-ring (bicyclic) bond motifs is 7. The predicted octanol–water partition coefficient (Wildman–Crippen LogP) is 4.23. The molecule has 5 atom stereocenters. The Morgan fingerprint density at radius 1 is 1.07 bits per heavy atom. The molecule has 1 aromatic heterocycles. The highest BCUT2D eigenvalue weighted by Gasteiger charge is 2.62. The minimum atomic E-state index is -3.91. The minimum absolute atomic E-state index is 0.000160. The monoisotopic (exact) mass is 773 g/mol. The van der Waals surface area contributed by atoms with Crippen LogP contribution in [0, 0.1) is 11.3 Å². The van der Waals surface area contributed by atoms with E-state index in [0.717, 1.165) is 10.9 Å². The van der Waals surface area contributed by atoms with Crippen molar-refractivity contribution in [2.75, 3.05) is 13.2 Å². The Morgan fingerprint density at radius 3 is 2.51 bits per heavy atom. The molecule has 4 amide bonds. The third kappa shape index (κ3) is 7.84. The van der Waals surface area contributed by atoms with Gasteiger partial charge in [0.05, 0.1) is 17.3 Å². The molecule has 292 valence electrons. The number of nitrogens with one attached hydrogen (secondary N) is 3. The minimum Gasteiger partial charge on any atom is -0.489 e. The second kappa shape index (κ2) is 13.8. The van der Waals surface area contributed by atoms with Gasteiger partial charge in [0.2, 0.25) is 27.7 Å². The summed E-state index contributed by atoms with van der Waals surface area (Å²) in [5, 5.41) is 5.76. The fourth-order valence-corrected chi connectivity index (χ4v) is 8.56. The second-order valence-electron chi connectivity index (χ2n) is 16.6.